The Morgan fingerprint density at radius 1 is 1.33 bits per heavy atom. The van der Waals surface area contributed by atoms with Crippen molar-refractivity contribution in [2.24, 2.45) is 0 Å². The fourth-order valence-corrected chi connectivity index (χ4v) is 0. The molecule has 6 heteroatoms. The van der Waals surface area contributed by atoms with Gasteiger partial charge in [-0.05, 0) is 13.8 Å². The number of carboxylic acids is 1. The monoisotopic (exact) mass is 212 g/mol. The van der Waals surface area contributed by atoms with Crippen LogP contribution >= 0.6 is 25.3 Å². The van der Waals surface area contributed by atoms with E-state index in [4.69, 9.17) is 10.2 Å². The normalized spacial score (nSPS) is 13.8. The first-order valence-corrected chi connectivity index (χ1v) is 4.07. The molecule has 0 spiro atoms. The molecule has 0 aliphatic rings. The molecule has 0 fully saturated rings. The highest BCUT2D eigenvalue weighted by molar-refractivity contribution is 7.96. The lowest BCUT2D eigenvalue weighted by atomic mass is 10.5. The van der Waals surface area contributed by atoms with Crippen molar-refractivity contribution in [1.29, 1.82) is 0 Å². The maximum atomic E-state index is 9.76. The van der Waals surface area contributed by atoms with Gasteiger partial charge < -0.3 is 10.2 Å². The van der Waals surface area contributed by atoms with Gasteiger partial charge in [0.15, 0.2) is 0 Å². The van der Waals surface area contributed by atoms with E-state index in [1.807, 2.05) is 0 Å². The molecular weight excluding hydrogens is 200 g/mol. The molecule has 0 heterocycles. The fourth-order valence-electron chi connectivity index (χ4n) is 0. The van der Waals surface area contributed by atoms with Crippen LogP contribution < -0.4 is 0 Å². The molecule has 0 saturated carbocycles. The lowest BCUT2D eigenvalue weighted by Gasteiger charge is -1.89. The summed E-state index contributed by atoms with van der Waals surface area (Å²) in [4.78, 5) is 19.4. The first-order valence-electron chi connectivity index (χ1n) is 3.10. The van der Waals surface area contributed by atoms with E-state index in [0.29, 0.717) is 0 Å². The Balaban J connectivity index is 0. The number of hydrogen-bond acceptors (Lipinski definition) is 4. The van der Waals surface area contributed by atoms with Crippen molar-refractivity contribution in [3.05, 3.63) is 0 Å². The molecule has 0 aromatic rings. The number of aliphatic hydroxyl groups excluding tert-OH is 1. The summed E-state index contributed by atoms with van der Waals surface area (Å²) >= 11 is 6.90. The van der Waals surface area contributed by atoms with Crippen molar-refractivity contribution in [1.82, 2.24) is 0 Å². The van der Waals surface area contributed by atoms with Gasteiger partial charge in [-0.3, -0.25) is 9.59 Å². The molecule has 0 rings (SSSR count). The summed E-state index contributed by atoms with van der Waals surface area (Å²) in [5.41, 5.74) is 0. The molecule has 2 N–H and O–H groups in total. The van der Waals surface area contributed by atoms with Gasteiger partial charge in [0.25, 0.3) is 0 Å². The van der Waals surface area contributed by atoms with Gasteiger partial charge in [-0.2, -0.15) is 12.6 Å². The fraction of sp³-hybridized carbons (Fsp3) is 0.667. The zero-order valence-corrected chi connectivity index (χ0v) is 8.55. The molecule has 0 aromatic heterocycles. The second-order valence-electron chi connectivity index (χ2n) is 2.03. The SMILES string of the molecule is CC(O)C(=O)S.CC(S)C(=O)O. The molecule has 0 radical (unpaired) electrons. The maximum Gasteiger partial charge on any atom is 0.316 e. The molecule has 0 amide bonds. The van der Waals surface area contributed by atoms with Crippen molar-refractivity contribution in [2.75, 3.05) is 0 Å². The third-order valence-electron chi connectivity index (χ3n) is 0.715. The number of aliphatic hydroxyl groups is 1. The van der Waals surface area contributed by atoms with E-state index in [0.717, 1.165) is 0 Å². The van der Waals surface area contributed by atoms with Crippen LogP contribution in [-0.4, -0.2) is 32.7 Å². The van der Waals surface area contributed by atoms with E-state index < -0.39 is 22.4 Å². The second-order valence-corrected chi connectivity index (χ2v) is 3.24. The van der Waals surface area contributed by atoms with Crippen LogP contribution in [0.5, 0.6) is 0 Å². The second kappa shape index (κ2) is 7.45. The Labute approximate surface area is 81.8 Å². The maximum absolute atomic E-state index is 9.76. The van der Waals surface area contributed by atoms with E-state index in [9.17, 15) is 9.59 Å². The Hall–Kier alpha value is -0.200. The van der Waals surface area contributed by atoms with Crippen molar-refractivity contribution in [3.8, 4) is 0 Å². The van der Waals surface area contributed by atoms with Crippen molar-refractivity contribution < 1.29 is 19.8 Å². The number of hydrogen-bond donors (Lipinski definition) is 4. The average molecular weight is 212 g/mol. The van der Waals surface area contributed by atoms with Crippen molar-refractivity contribution in [2.45, 2.75) is 25.2 Å². The number of thiol groups is 2. The first-order chi connectivity index (χ1) is 5.29. The summed E-state index contributed by atoms with van der Waals surface area (Å²) in [6.07, 6.45) is -0.923. The average Bonchev–Trinajstić information content (AvgIpc) is 1.88. The highest BCUT2D eigenvalue weighted by Gasteiger charge is 2.00. The molecule has 2 unspecified atom stereocenters. The molecule has 2 atom stereocenters. The van der Waals surface area contributed by atoms with E-state index >= 15 is 0 Å². The van der Waals surface area contributed by atoms with Crippen molar-refractivity contribution >= 4 is 36.3 Å². The highest BCUT2D eigenvalue weighted by Crippen LogP contribution is 1.88. The summed E-state index contributed by atoms with van der Waals surface area (Å²) in [5.74, 6) is -0.877. The Morgan fingerprint density at radius 3 is 1.50 bits per heavy atom. The summed E-state index contributed by atoms with van der Waals surface area (Å²) < 4.78 is 0. The van der Waals surface area contributed by atoms with Gasteiger partial charge in [-0.1, -0.05) is 0 Å². The largest absolute Gasteiger partial charge is 0.480 e. The van der Waals surface area contributed by atoms with E-state index in [1.54, 1.807) is 0 Å². The molecule has 0 aliphatic carbocycles. The van der Waals surface area contributed by atoms with E-state index in [2.05, 4.69) is 25.3 Å². The Bertz CT molecular complexity index is 138. The predicted molar refractivity (Wildman–Crippen MR) is 51.8 cm³/mol. The minimum absolute atomic E-state index is 0.491. The minimum Gasteiger partial charge on any atom is -0.480 e. The van der Waals surface area contributed by atoms with Gasteiger partial charge in [0, 0.05) is 0 Å². The van der Waals surface area contributed by atoms with Gasteiger partial charge >= 0.3 is 5.97 Å². The van der Waals surface area contributed by atoms with E-state index in [-0.39, 0.29) is 0 Å². The molecule has 72 valence electrons. The minimum atomic E-state index is -0.923. The zero-order chi connectivity index (χ0) is 10.3. The van der Waals surface area contributed by atoms with Crippen LogP contribution in [0.3, 0.4) is 0 Å². The highest BCUT2D eigenvalue weighted by atomic mass is 32.1. The molecule has 0 aliphatic heterocycles. The summed E-state index contributed by atoms with van der Waals surface area (Å²) in [6, 6.07) is 0. The number of carbonyl (C=O) groups is 2. The van der Waals surface area contributed by atoms with Gasteiger partial charge in [0.2, 0.25) is 5.12 Å². The topological polar surface area (TPSA) is 74.6 Å². The van der Waals surface area contributed by atoms with Gasteiger partial charge in [0.05, 0.1) is 5.25 Å². The van der Waals surface area contributed by atoms with Crippen LogP contribution in [0.1, 0.15) is 13.8 Å². The van der Waals surface area contributed by atoms with Crippen LogP contribution in [0.4, 0.5) is 0 Å². The standard InChI is InChI=1S/2C3H6O2S/c1-2(6)3(4)5;1-2(4)3(5)6/h2,6H,1H3,(H,4,5);2,4H,1H3,(H,5,6). The quantitative estimate of drug-likeness (QED) is 0.494. The van der Waals surface area contributed by atoms with Gasteiger partial charge in [0.1, 0.15) is 6.10 Å². The Morgan fingerprint density at radius 2 is 1.50 bits per heavy atom. The molecular formula is C6H12O4S2. The molecule has 12 heavy (non-hydrogen) atoms. The van der Waals surface area contributed by atoms with Crippen LogP contribution in [0.2, 0.25) is 0 Å². The zero-order valence-electron chi connectivity index (χ0n) is 6.76. The summed E-state index contributed by atoms with van der Waals surface area (Å²) in [7, 11) is 0. The number of rotatable bonds is 2. The third-order valence-corrected chi connectivity index (χ3v) is 1.31. The van der Waals surface area contributed by atoms with Crippen LogP contribution in [0.15, 0.2) is 0 Å². The lowest BCUT2D eigenvalue weighted by molar-refractivity contribution is -0.136. The van der Waals surface area contributed by atoms with Gasteiger partial charge in [-0.15, -0.1) is 12.6 Å². The molecule has 0 bridgehead atoms. The summed E-state index contributed by atoms with van der Waals surface area (Å²) in [5, 5.41) is 15.1. The molecule has 4 nitrogen and oxygen atoms in total. The smallest absolute Gasteiger partial charge is 0.316 e. The van der Waals surface area contributed by atoms with Crippen molar-refractivity contribution in [3.63, 3.8) is 0 Å². The number of carbonyl (C=O) groups excluding carboxylic acids is 1. The van der Waals surface area contributed by atoms with Crippen LogP contribution in [-0.2, 0) is 9.59 Å². The van der Waals surface area contributed by atoms with Gasteiger partial charge in [-0.25, -0.2) is 0 Å². The van der Waals surface area contributed by atoms with Crippen LogP contribution in [0.25, 0.3) is 0 Å². The third kappa shape index (κ3) is 12.5. The lowest BCUT2D eigenvalue weighted by Crippen LogP contribution is -2.07. The van der Waals surface area contributed by atoms with Crippen LogP contribution in [0, 0.1) is 0 Å². The Kier molecular flexibility index (Phi) is 8.90. The molecule has 0 saturated heterocycles. The molecule has 0 aromatic carbocycles. The van der Waals surface area contributed by atoms with E-state index in [1.165, 1.54) is 13.8 Å². The first kappa shape index (κ1) is 14.3. The summed E-state index contributed by atoms with van der Waals surface area (Å²) in [6.45, 7) is 2.88. The number of carboxylic acid groups (broad SMARTS) is 1. The predicted octanol–water partition coefficient (Wildman–Crippen LogP) is 0.213. The number of aliphatic carboxylic acids is 1.